The minimum atomic E-state index is -2.02. The third-order valence-corrected chi connectivity index (χ3v) is 1.78. The third-order valence-electron chi connectivity index (χ3n) is 1.78. The van der Waals surface area contributed by atoms with Crippen molar-refractivity contribution < 1.29 is 25.2 Å². The summed E-state index contributed by atoms with van der Waals surface area (Å²) in [6.07, 6.45) is -4.37. The second-order valence-corrected chi connectivity index (χ2v) is 2.99. The van der Waals surface area contributed by atoms with Crippen LogP contribution in [0.15, 0.2) is 0 Å². The van der Waals surface area contributed by atoms with Gasteiger partial charge in [-0.15, -0.1) is 0 Å². The van der Waals surface area contributed by atoms with Gasteiger partial charge in [-0.05, 0) is 13.8 Å². The Kier molecular flexibility index (Phi) is 3.79. The fourth-order valence-corrected chi connectivity index (χ4v) is 0.801. The van der Waals surface area contributed by atoms with E-state index in [2.05, 4.69) is 0 Å². The van der Waals surface area contributed by atoms with Crippen LogP contribution in [0.2, 0.25) is 0 Å². The van der Waals surface area contributed by atoms with E-state index in [4.69, 9.17) is 15.3 Å². The summed E-state index contributed by atoms with van der Waals surface area (Å²) in [4.78, 5) is 10.1. The molecule has 0 aliphatic heterocycles. The number of aliphatic hydroxyl groups excluding tert-OH is 3. The molecule has 0 unspecified atom stereocenters. The fourth-order valence-electron chi connectivity index (χ4n) is 0.801. The monoisotopic (exact) mass is 178 g/mol. The number of aliphatic hydroxyl groups is 4. The molecule has 4 atom stereocenters. The molecule has 0 bridgehead atoms. The van der Waals surface area contributed by atoms with E-state index < -0.39 is 23.9 Å². The molecule has 0 saturated carbocycles. The van der Waals surface area contributed by atoms with E-state index in [0.717, 1.165) is 6.92 Å². The first kappa shape index (κ1) is 11.5. The predicted molar refractivity (Wildman–Crippen MR) is 40.4 cm³/mol. The maximum Gasteiger partial charge on any atom is 0.151 e. The van der Waals surface area contributed by atoms with Crippen LogP contribution in [0.5, 0.6) is 0 Å². The van der Waals surface area contributed by atoms with Gasteiger partial charge in [-0.2, -0.15) is 0 Å². The molecule has 0 aromatic rings. The van der Waals surface area contributed by atoms with Gasteiger partial charge in [-0.3, -0.25) is 0 Å². The van der Waals surface area contributed by atoms with Gasteiger partial charge in [0.1, 0.15) is 17.8 Å². The topological polar surface area (TPSA) is 98.0 Å². The van der Waals surface area contributed by atoms with Gasteiger partial charge in [0.2, 0.25) is 0 Å². The quantitative estimate of drug-likeness (QED) is 0.375. The Morgan fingerprint density at radius 3 is 2.00 bits per heavy atom. The summed E-state index contributed by atoms with van der Waals surface area (Å²) in [6, 6.07) is 0. The van der Waals surface area contributed by atoms with Crippen LogP contribution in [0.25, 0.3) is 0 Å². The molecule has 4 N–H and O–H groups in total. The lowest BCUT2D eigenvalue weighted by Crippen LogP contribution is -2.54. The number of hydrogen-bond acceptors (Lipinski definition) is 5. The first-order chi connectivity index (χ1) is 5.34. The number of carbonyl (C=O) groups excluding carboxylic acids is 1. The van der Waals surface area contributed by atoms with Gasteiger partial charge >= 0.3 is 0 Å². The van der Waals surface area contributed by atoms with Gasteiger partial charge < -0.3 is 25.2 Å². The first-order valence-electron chi connectivity index (χ1n) is 3.56. The van der Waals surface area contributed by atoms with Crippen molar-refractivity contribution >= 4 is 6.29 Å². The third kappa shape index (κ3) is 2.25. The number of carbonyl (C=O) groups is 1. The number of aldehydes is 1. The van der Waals surface area contributed by atoms with E-state index in [-0.39, 0.29) is 6.29 Å². The minimum absolute atomic E-state index is 0.103. The van der Waals surface area contributed by atoms with Crippen LogP contribution in [-0.4, -0.2) is 50.6 Å². The summed E-state index contributed by atoms with van der Waals surface area (Å²) >= 11 is 0. The molecule has 5 heteroatoms. The van der Waals surface area contributed by atoms with Gasteiger partial charge in [0.25, 0.3) is 0 Å². The molecule has 0 spiro atoms. The first-order valence-corrected chi connectivity index (χ1v) is 3.56. The number of rotatable bonds is 4. The van der Waals surface area contributed by atoms with Gasteiger partial charge in [-0.25, -0.2) is 0 Å². The maximum atomic E-state index is 10.1. The van der Waals surface area contributed by atoms with Crippen molar-refractivity contribution in [2.45, 2.75) is 37.8 Å². The molecular weight excluding hydrogens is 164 g/mol. The lowest BCUT2D eigenvalue weighted by molar-refractivity contribution is -0.166. The molecule has 0 rings (SSSR count). The average Bonchev–Trinajstić information content (AvgIpc) is 2.01. The van der Waals surface area contributed by atoms with Crippen LogP contribution in [-0.2, 0) is 4.79 Å². The highest BCUT2D eigenvalue weighted by atomic mass is 16.4. The molecule has 0 aromatic heterocycles. The zero-order chi connectivity index (χ0) is 9.94. The van der Waals surface area contributed by atoms with Crippen LogP contribution in [0.4, 0.5) is 0 Å². The van der Waals surface area contributed by atoms with Gasteiger partial charge in [-0.1, -0.05) is 0 Å². The zero-order valence-corrected chi connectivity index (χ0v) is 7.01. The second-order valence-electron chi connectivity index (χ2n) is 2.99. The van der Waals surface area contributed by atoms with Crippen molar-refractivity contribution in [1.29, 1.82) is 0 Å². The van der Waals surface area contributed by atoms with E-state index in [9.17, 15) is 9.90 Å². The van der Waals surface area contributed by atoms with Crippen molar-refractivity contribution in [1.82, 2.24) is 0 Å². The minimum Gasteiger partial charge on any atom is -0.391 e. The van der Waals surface area contributed by atoms with Crippen molar-refractivity contribution in [2.24, 2.45) is 0 Å². The summed E-state index contributed by atoms with van der Waals surface area (Å²) in [6.45, 7) is 2.32. The van der Waals surface area contributed by atoms with Crippen molar-refractivity contribution in [2.75, 3.05) is 0 Å². The van der Waals surface area contributed by atoms with E-state index in [1.54, 1.807) is 0 Å². The highest BCUT2D eigenvalue weighted by molar-refractivity contribution is 5.58. The van der Waals surface area contributed by atoms with Gasteiger partial charge in [0.15, 0.2) is 6.29 Å². The molecule has 0 saturated heterocycles. The van der Waals surface area contributed by atoms with Gasteiger partial charge in [0.05, 0.1) is 6.10 Å². The van der Waals surface area contributed by atoms with E-state index >= 15 is 0 Å². The summed E-state index contributed by atoms with van der Waals surface area (Å²) in [7, 11) is 0. The lowest BCUT2D eigenvalue weighted by atomic mass is 9.90. The molecule has 0 amide bonds. The molecule has 0 aliphatic rings. The molecule has 12 heavy (non-hydrogen) atoms. The summed E-state index contributed by atoms with van der Waals surface area (Å²) in [5.74, 6) is 0. The van der Waals surface area contributed by atoms with Gasteiger partial charge in [0, 0.05) is 0 Å². The fraction of sp³-hybridized carbons (Fsp3) is 0.857. The Morgan fingerprint density at radius 1 is 1.33 bits per heavy atom. The maximum absolute atomic E-state index is 10.1. The smallest absolute Gasteiger partial charge is 0.151 e. The highest BCUT2D eigenvalue weighted by Crippen LogP contribution is 2.16. The van der Waals surface area contributed by atoms with E-state index in [0.29, 0.717) is 0 Å². The average molecular weight is 178 g/mol. The van der Waals surface area contributed by atoms with Crippen molar-refractivity contribution in [3.05, 3.63) is 0 Å². The Morgan fingerprint density at radius 2 is 1.75 bits per heavy atom. The number of hydrogen-bond donors (Lipinski definition) is 4. The van der Waals surface area contributed by atoms with Crippen molar-refractivity contribution in [3.8, 4) is 0 Å². The second kappa shape index (κ2) is 3.95. The Hall–Kier alpha value is -0.490. The molecule has 0 heterocycles. The normalized spacial score (nSPS) is 23.8. The molecule has 0 aromatic carbocycles. The summed E-state index contributed by atoms with van der Waals surface area (Å²) in [5.41, 5.74) is -2.02. The molecule has 0 radical (unpaired) electrons. The summed E-state index contributed by atoms with van der Waals surface area (Å²) < 4.78 is 0. The standard InChI is InChI=1S/C7H14O5/c1-4(9)6(11)7(2,12)5(10)3-8/h3-6,9-12H,1-2H3/t4-,5+,6-,7+/m1/s1. The largest absolute Gasteiger partial charge is 0.391 e. The predicted octanol–water partition coefficient (Wildman–Crippen LogP) is -1.96. The molecule has 72 valence electrons. The van der Waals surface area contributed by atoms with Crippen LogP contribution < -0.4 is 0 Å². The van der Waals surface area contributed by atoms with Crippen LogP contribution in [0, 0.1) is 0 Å². The molecule has 0 fully saturated rings. The van der Waals surface area contributed by atoms with E-state index in [1.165, 1.54) is 6.92 Å². The SMILES string of the molecule is C[C@@H](O)[C@@H](O)[C@@](C)(O)[C@@H](O)C=O. The highest BCUT2D eigenvalue weighted by Gasteiger charge is 2.40. The van der Waals surface area contributed by atoms with Crippen LogP contribution in [0.3, 0.4) is 0 Å². The van der Waals surface area contributed by atoms with Crippen molar-refractivity contribution in [3.63, 3.8) is 0 Å². The van der Waals surface area contributed by atoms with Crippen LogP contribution in [0.1, 0.15) is 13.8 Å². The summed E-state index contributed by atoms with van der Waals surface area (Å²) in [5, 5.41) is 36.2. The Balaban J connectivity index is 4.47. The Bertz CT molecular complexity index is 154. The molecule has 5 nitrogen and oxygen atoms in total. The zero-order valence-electron chi connectivity index (χ0n) is 7.01. The van der Waals surface area contributed by atoms with E-state index in [1.807, 2.05) is 0 Å². The molecule has 0 aliphatic carbocycles. The van der Waals surface area contributed by atoms with Crippen LogP contribution >= 0.6 is 0 Å². The Labute approximate surface area is 70.3 Å². The lowest BCUT2D eigenvalue weighted by Gasteiger charge is -2.32. The molecular formula is C7H14O5.